The number of benzene rings is 2. The lowest BCUT2D eigenvalue weighted by molar-refractivity contribution is -0.0498. The van der Waals surface area contributed by atoms with Gasteiger partial charge in [0.1, 0.15) is 11.6 Å². The van der Waals surface area contributed by atoms with Crippen LogP contribution in [0.3, 0.4) is 0 Å². The van der Waals surface area contributed by atoms with Crippen LogP contribution in [0.15, 0.2) is 41.2 Å². The number of nitrogens with one attached hydrogen (secondary N) is 1. The normalized spacial score (nSPS) is 18.4. The largest absolute Gasteiger partial charge is 0.435 e. The van der Waals surface area contributed by atoms with Crippen molar-refractivity contribution in [2.75, 3.05) is 11.5 Å². The minimum Gasteiger partial charge on any atom is -0.435 e. The fraction of sp³-hybridized carbons (Fsp3) is 0.391. The summed E-state index contributed by atoms with van der Waals surface area (Å²) in [5.74, 6) is 0.513. The molecular formula is C23H24F3N3O3S. The second kappa shape index (κ2) is 8.81. The maximum Gasteiger partial charge on any atom is 0.387 e. The quantitative estimate of drug-likeness (QED) is 0.555. The van der Waals surface area contributed by atoms with Crippen molar-refractivity contribution >= 4 is 28.7 Å². The molecule has 0 radical (unpaired) electrons. The average Bonchev–Trinajstić information content (AvgIpc) is 3.28. The molecule has 1 amide bonds. The first-order valence-electron chi connectivity index (χ1n) is 10.5. The number of rotatable bonds is 6. The summed E-state index contributed by atoms with van der Waals surface area (Å²) in [6, 6.07) is 7.55. The first-order valence-corrected chi connectivity index (χ1v) is 11.7. The van der Waals surface area contributed by atoms with Crippen LogP contribution in [0, 0.1) is 5.82 Å². The summed E-state index contributed by atoms with van der Waals surface area (Å²) >= 11 is 1.78. The molecule has 2 aromatic carbocycles. The maximum atomic E-state index is 14.7. The van der Waals surface area contributed by atoms with Crippen molar-refractivity contribution in [3.63, 3.8) is 0 Å². The van der Waals surface area contributed by atoms with E-state index in [4.69, 9.17) is 0 Å². The molecule has 0 aliphatic carbocycles. The van der Waals surface area contributed by atoms with Gasteiger partial charge in [-0.2, -0.15) is 20.5 Å². The zero-order valence-electron chi connectivity index (χ0n) is 18.4. The molecule has 1 N–H and O–H groups in total. The number of carbonyl (C=O) groups is 1. The molecule has 0 spiro atoms. The van der Waals surface area contributed by atoms with Crippen molar-refractivity contribution in [2.24, 2.45) is 0 Å². The van der Waals surface area contributed by atoms with Gasteiger partial charge in [0.25, 0.3) is 5.91 Å². The van der Waals surface area contributed by atoms with Crippen molar-refractivity contribution in [3.8, 4) is 11.4 Å². The number of nitrogens with zero attached hydrogens (tertiary/aromatic N) is 2. The summed E-state index contributed by atoms with van der Waals surface area (Å²) in [6.07, 6.45) is 0.870. The summed E-state index contributed by atoms with van der Waals surface area (Å²) in [7, 11) is 0. The third-order valence-corrected chi connectivity index (χ3v) is 7.00. The molecule has 1 fully saturated rings. The highest BCUT2D eigenvalue weighted by Gasteiger charge is 2.31. The minimum atomic E-state index is -3.08. The zero-order chi connectivity index (χ0) is 23.9. The summed E-state index contributed by atoms with van der Waals surface area (Å²) in [4.78, 5) is 26.2. The van der Waals surface area contributed by atoms with E-state index in [9.17, 15) is 22.8 Å². The molecule has 2 heterocycles. The zero-order valence-corrected chi connectivity index (χ0v) is 19.2. The van der Waals surface area contributed by atoms with Gasteiger partial charge in [-0.1, -0.05) is 0 Å². The Kier molecular flexibility index (Phi) is 6.22. The minimum absolute atomic E-state index is 0.213. The predicted octanol–water partition coefficient (Wildman–Crippen LogP) is 4.74. The molecule has 33 heavy (non-hydrogen) atoms. The van der Waals surface area contributed by atoms with Crippen molar-refractivity contribution in [2.45, 2.75) is 45.4 Å². The highest BCUT2D eigenvalue weighted by Crippen LogP contribution is 2.29. The van der Waals surface area contributed by atoms with E-state index in [1.165, 1.54) is 4.57 Å². The standard InChI is InChI=1S/C23H24F3N3O3S/c1-13(2)28-19-10-14(20(30)27-23(3)8-9-33-12-23)4-7-17(19)29(22(28)31)18-11-15(32-21(25)26)5-6-16(18)24/h4-7,10-11,13,21H,8-9,12H2,1-3H3,(H,27,30). The number of carbonyl (C=O) groups excluding carboxylic acids is 1. The lowest BCUT2D eigenvalue weighted by atomic mass is 10.0. The molecule has 10 heteroatoms. The van der Waals surface area contributed by atoms with Gasteiger partial charge in [0, 0.05) is 29.0 Å². The molecule has 0 saturated carbocycles. The van der Waals surface area contributed by atoms with Gasteiger partial charge in [-0.3, -0.25) is 13.9 Å². The molecule has 4 rings (SSSR count). The maximum absolute atomic E-state index is 14.7. The second-order valence-electron chi connectivity index (χ2n) is 8.59. The van der Waals surface area contributed by atoms with Crippen LogP contribution in [0.25, 0.3) is 16.7 Å². The van der Waals surface area contributed by atoms with Gasteiger partial charge in [-0.05, 0) is 63.3 Å². The number of alkyl halides is 2. The molecular weight excluding hydrogens is 455 g/mol. The Morgan fingerprint density at radius 3 is 2.58 bits per heavy atom. The molecule has 1 saturated heterocycles. The average molecular weight is 480 g/mol. The highest BCUT2D eigenvalue weighted by molar-refractivity contribution is 7.99. The number of aromatic nitrogens is 2. The number of imidazole rings is 1. The molecule has 176 valence electrons. The van der Waals surface area contributed by atoms with Crippen LogP contribution in [0.5, 0.6) is 5.75 Å². The van der Waals surface area contributed by atoms with Crippen LogP contribution >= 0.6 is 11.8 Å². The van der Waals surface area contributed by atoms with Crippen LogP contribution in [-0.2, 0) is 0 Å². The Bertz CT molecular complexity index is 1260. The van der Waals surface area contributed by atoms with E-state index in [1.54, 1.807) is 43.8 Å². The Hall–Kier alpha value is -2.88. The van der Waals surface area contributed by atoms with Gasteiger partial charge < -0.3 is 10.1 Å². The molecule has 1 aromatic heterocycles. The van der Waals surface area contributed by atoms with Gasteiger partial charge in [-0.25, -0.2) is 9.18 Å². The van der Waals surface area contributed by atoms with E-state index in [0.717, 1.165) is 40.7 Å². The predicted molar refractivity (Wildman–Crippen MR) is 122 cm³/mol. The van der Waals surface area contributed by atoms with Gasteiger partial charge in [0.2, 0.25) is 0 Å². The molecule has 1 atom stereocenters. The topological polar surface area (TPSA) is 65.3 Å². The van der Waals surface area contributed by atoms with E-state index in [2.05, 4.69) is 10.1 Å². The summed E-state index contributed by atoms with van der Waals surface area (Å²) in [6.45, 7) is 2.50. The third-order valence-electron chi connectivity index (χ3n) is 5.67. The van der Waals surface area contributed by atoms with Crippen LogP contribution in [0.4, 0.5) is 13.2 Å². The van der Waals surface area contributed by atoms with E-state index < -0.39 is 18.1 Å². The highest BCUT2D eigenvalue weighted by atomic mass is 32.2. The monoisotopic (exact) mass is 479 g/mol. The second-order valence-corrected chi connectivity index (χ2v) is 9.70. The summed E-state index contributed by atoms with van der Waals surface area (Å²) in [5.41, 5.74) is 0.103. The number of fused-ring (bicyclic) bond motifs is 1. The fourth-order valence-corrected chi connectivity index (χ4v) is 5.45. The van der Waals surface area contributed by atoms with Crippen molar-refractivity contribution in [1.82, 2.24) is 14.5 Å². The SMILES string of the molecule is CC(C)n1c(=O)n(-c2cc(OC(F)F)ccc2F)c2ccc(C(=O)NC3(C)CCSC3)cc21. The number of hydrogen-bond donors (Lipinski definition) is 1. The van der Waals surface area contributed by atoms with Crippen molar-refractivity contribution < 1.29 is 22.7 Å². The molecule has 6 nitrogen and oxygen atoms in total. The molecule has 1 unspecified atom stereocenters. The molecule has 3 aromatic rings. The summed E-state index contributed by atoms with van der Waals surface area (Å²) < 4.78 is 47.0. The first-order chi connectivity index (χ1) is 15.6. The number of ether oxygens (including phenoxy) is 1. The lowest BCUT2D eigenvalue weighted by Crippen LogP contribution is -2.45. The Morgan fingerprint density at radius 1 is 1.18 bits per heavy atom. The Morgan fingerprint density at radius 2 is 1.94 bits per heavy atom. The van der Waals surface area contributed by atoms with E-state index >= 15 is 0 Å². The smallest absolute Gasteiger partial charge is 0.387 e. The van der Waals surface area contributed by atoms with Gasteiger partial charge in [-0.15, -0.1) is 0 Å². The van der Waals surface area contributed by atoms with Crippen LogP contribution in [-0.4, -0.2) is 38.7 Å². The number of hydrogen-bond acceptors (Lipinski definition) is 4. The number of halogens is 3. The van der Waals surface area contributed by atoms with Gasteiger partial charge in [0.15, 0.2) is 0 Å². The van der Waals surface area contributed by atoms with E-state index in [-0.39, 0.29) is 28.9 Å². The van der Waals surface area contributed by atoms with Gasteiger partial charge in [0.05, 0.1) is 16.7 Å². The lowest BCUT2D eigenvalue weighted by Gasteiger charge is -2.24. The molecule has 0 bridgehead atoms. The molecule has 1 aliphatic heterocycles. The first kappa shape index (κ1) is 23.3. The van der Waals surface area contributed by atoms with E-state index in [0.29, 0.717) is 16.6 Å². The van der Waals surface area contributed by atoms with E-state index in [1.807, 2.05) is 6.92 Å². The van der Waals surface area contributed by atoms with Crippen LogP contribution < -0.4 is 15.7 Å². The Balaban J connectivity index is 1.84. The fourth-order valence-electron chi connectivity index (χ4n) is 4.04. The summed E-state index contributed by atoms with van der Waals surface area (Å²) in [5, 5.41) is 3.07. The molecule has 1 aliphatic rings. The Labute approximate surface area is 192 Å². The van der Waals surface area contributed by atoms with Crippen LogP contribution in [0.2, 0.25) is 0 Å². The van der Waals surface area contributed by atoms with Crippen LogP contribution in [0.1, 0.15) is 43.6 Å². The van der Waals surface area contributed by atoms with Crippen molar-refractivity contribution in [3.05, 3.63) is 58.3 Å². The number of thioether (sulfide) groups is 1. The van der Waals surface area contributed by atoms with Gasteiger partial charge >= 0.3 is 12.3 Å². The number of amides is 1. The van der Waals surface area contributed by atoms with Crippen molar-refractivity contribution in [1.29, 1.82) is 0 Å². The third kappa shape index (κ3) is 4.48.